The lowest BCUT2D eigenvalue weighted by molar-refractivity contribution is 0.342. The molecule has 106 valence electrons. The molecule has 0 aromatic heterocycles. The fourth-order valence-corrected chi connectivity index (χ4v) is 2.74. The van der Waals surface area contributed by atoms with Gasteiger partial charge >= 0.3 is 0 Å². The molecule has 2 rings (SSSR count). The van der Waals surface area contributed by atoms with Gasteiger partial charge in [-0.05, 0) is 42.0 Å². The average molecular weight is 310 g/mol. The highest BCUT2D eigenvalue weighted by Crippen LogP contribution is 2.15. The van der Waals surface area contributed by atoms with E-state index in [2.05, 4.69) is 0 Å². The summed E-state index contributed by atoms with van der Waals surface area (Å²) in [6, 6.07) is 14.6. The Morgan fingerprint density at radius 1 is 1.15 bits per heavy atom. The van der Waals surface area contributed by atoms with E-state index in [1.807, 2.05) is 24.3 Å². The molecule has 0 radical (unpaired) electrons. The van der Waals surface area contributed by atoms with E-state index in [1.54, 1.807) is 24.3 Å². The van der Waals surface area contributed by atoms with Gasteiger partial charge in [-0.25, -0.2) is 0 Å². The molecule has 0 amide bonds. The highest BCUT2D eigenvalue weighted by atomic mass is 35.5. The van der Waals surface area contributed by atoms with Crippen LogP contribution in [0.2, 0.25) is 5.02 Å². The third kappa shape index (κ3) is 4.34. The van der Waals surface area contributed by atoms with Crippen molar-refractivity contribution in [2.45, 2.75) is 11.4 Å². The molecule has 2 aromatic carbocycles. The fraction of sp³-hybridized carbons (Fsp3) is 0.200. The van der Waals surface area contributed by atoms with Crippen molar-refractivity contribution < 1.29 is 8.95 Å². The van der Waals surface area contributed by atoms with Crippen LogP contribution in [0, 0.1) is 0 Å². The van der Waals surface area contributed by atoms with E-state index in [4.69, 9.17) is 22.1 Å². The molecule has 0 aliphatic rings. The van der Waals surface area contributed by atoms with Crippen molar-refractivity contribution in [3.63, 3.8) is 0 Å². The smallest absolute Gasteiger partial charge is 0.119 e. The van der Waals surface area contributed by atoms with Gasteiger partial charge < -0.3 is 10.5 Å². The van der Waals surface area contributed by atoms with E-state index in [0.717, 1.165) is 16.2 Å². The number of hydrogen-bond acceptors (Lipinski definition) is 3. The first-order valence-electron chi connectivity index (χ1n) is 6.25. The minimum atomic E-state index is -1.08. The minimum absolute atomic E-state index is 0.392. The first kappa shape index (κ1) is 15.0. The van der Waals surface area contributed by atoms with Crippen molar-refractivity contribution in [3.8, 4) is 5.75 Å². The maximum absolute atomic E-state index is 12.0. The molecule has 0 bridgehead atoms. The summed E-state index contributed by atoms with van der Waals surface area (Å²) < 4.78 is 17.6. The standard InChI is InChI=1S/C15H16ClNO2S/c16-13-4-6-15(7-5-13)20(18)9-8-19-14-3-1-2-12(10-14)11-17/h1-7,10H,8-9,11,17H2. The molecule has 0 saturated heterocycles. The second kappa shape index (κ2) is 7.43. The topological polar surface area (TPSA) is 52.3 Å². The molecule has 1 atom stereocenters. The van der Waals surface area contributed by atoms with Gasteiger partial charge in [-0.3, -0.25) is 4.21 Å². The molecule has 2 N–H and O–H groups in total. The van der Waals surface area contributed by atoms with Crippen molar-refractivity contribution in [2.24, 2.45) is 5.73 Å². The lowest BCUT2D eigenvalue weighted by Crippen LogP contribution is -2.09. The molecule has 0 aliphatic carbocycles. The molecule has 0 saturated carbocycles. The summed E-state index contributed by atoms with van der Waals surface area (Å²) in [6.45, 7) is 0.872. The maximum Gasteiger partial charge on any atom is 0.119 e. The Hall–Kier alpha value is -1.36. The SMILES string of the molecule is NCc1cccc(OCCS(=O)c2ccc(Cl)cc2)c1. The minimum Gasteiger partial charge on any atom is -0.493 e. The number of ether oxygens (including phenoxy) is 1. The zero-order valence-electron chi connectivity index (χ0n) is 10.9. The van der Waals surface area contributed by atoms with Crippen molar-refractivity contribution in [2.75, 3.05) is 12.4 Å². The molecule has 0 heterocycles. The van der Waals surface area contributed by atoms with Crippen LogP contribution in [0.15, 0.2) is 53.4 Å². The highest BCUT2D eigenvalue weighted by Gasteiger charge is 2.04. The third-order valence-electron chi connectivity index (χ3n) is 2.75. The fourth-order valence-electron chi connectivity index (χ4n) is 1.70. The van der Waals surface area contributed by atoms with Gasteiger partial charge in [0, 0.05) is 16.5 Å². The summed E-state index contributed by atoms with van der Waals surface area (Å²) in [5, 5.41) is 0.639. The molecule has 0 fully saturated rings. The van der Waals surface area contributed by atoms with Crippen LogP contribution < -0.4 is 10.5 Å². The van der Waals surface area contributed by atoms with Crippen LogP contribution in [0.25, 0.3) is 0 Å². The molecule has 0 aliphatic heterocycles. The summed E-state index contributed by atoms with van der Waals surface area (Å²) >= 11 is 5.80. The van der Waals surface area contributed by atoms with Gasteiger partial charge in [0.25, 0.3) is 0 Å². The second-order valence-electron chi connectivity index (χ2n) is 4.20. The van der Waals surface area contributed by atoms with Crippen LogP contribution in [-0.4, -0.2) is 16.6 Å². The first-order valence-corrected chi connectivity index (χ1v) is 7.94. The van der Waals surface area contributed by atoms with E-state index in [9.17, 15) is 4.21 Å². The van der Waals surface area contributed by atoms with E-state index >= 15 is 0 Å². The van der Waals surface area contributed by atoms with Crippen LogP contribution >= 0.6 is 11.6 Å². The van der Waals surface area contributed by atoms with E-state index in [0.29, 0.717) is 23.9 Å². The Morgan fingerprint density at radius 2 is 1.90 bits per heavy atom. The molecular weight excluding hydrogens is 294 g/mol. The van der Waals surface area contributed by atoms with Gasteiger partial charge in [0.15, 0.2) is 0 Å². The molecule has 20 heavy (non-hydrogen) atoms. The lowest BCUT2D eigenvalue weighted by atomic mass is 10.2. The molecular formula is C15H16ClNO2S. The summed E-state index contributed by atoms with van der Waals surface area (Å²) in [5.41, 5.74) is 6.58. The predicted octanol–water partition coefficient (Wildman–Crippen LogP) is 2.99. The third-order valence-corrected chi connectivity index (χ3v) is 4.34. The molecule has 0 spiro atoms. The van der Waals surface area contributed by atoms with E-state index in [1.165, 1.54) is 0 Å². The Morgan fingerprint density at radius 3 is 2.60 bits per heavy atom. The Balaban J connectivity index is 1.86. The van der Waals surface area contributed by atoms with Crippen LogP contribution in [0.5, 0.6) is 5.75 Å². The molecule has 5 heteroatoms. The van der Waals surface area contributed by atoms with E-state index in [-0.39, 0.29) is 0 Å². The highest BCUT2D eigenvalue weighted by molar-refractivity contribution is 7.85. The second-order valence-corrected chi connectivity index (χ2v) is 6.21. The van der Waals surface area contributed by atoms with Gasteiger partial charge in [-0.2, -0.15) is 0 Å². The predicted molar refractivity (Wildman–Crippen MR) is 82.6 cm³/mol. The summed E-state index contributed by atoms with van der Waals surface area (Å²) in [4.78, 5) is 0.758. The summed E-state index contributed by atoms with van der Waals surface area (Å²) in [5.74, 6) is 1.19. The van der Waals surface area contributed by atoms with Crippen molar-refractivity contribution in [1.82, 2.24) is 0 Å². The van der Waals surface area contributed by atoms with Gasteiger partial charge in [-0.15, -0.1) is 0 Å². The molecule has 1 unspecified atom stereocenters. The number of nitrogens with two attached hydrogens (primary N) is 1. The number of hydrogen-bond donors (Lipinski definition) is 1. The summed E-state index contributed by atoms with van der Waals surface area (Å²) in [6.07, 6.45) is 0. The zero-order valence-corrected chi connectivity index (χ0v) is 12.5. The Bertz CT molecular complexity index is 587. The first-order chi connectivity index (χ1) is 9.69. The molecule has 3 nitrogen and oxygen atoms in total. The van der Waals surface area contributed by atoms with Crippen LogP contribution in [0.4, 0.5) is 0 Å². The average Bonchev–Trinajstić information content (AvgIpc) is 2.48. The largest absolute Gasteiger partial charge is 0.493 e. The van der Waals surface area contributed by atoms with Crippen molar-refractivity contribution in [3.05, 3.63) is 59.1 Å². The van der Waals surface area contributed by atoms with Gasteiger partial charge in [-0.1, -0.05) is 23.7 Å². The Kier molecular flexibility index (Phi) is 5.59. The van der Waals surface area contributed by atoms with Crippen LogP contribution in [0.1, 0.15) is 5.56 Å². The number of rotatable bonds is 6. The lowest BCUT2D eigenvalue weighted by Gasteiger charge is -2.07. The van der Waals surface area contributed by atoms with Crippen LogP contribution in [-0.2, 0) is 17.3 Å². The van der Waals surface area contributed by atoms with Gasteiger partial charge in [0.1, 0.15) is 12.4 Å². The van der Waals surface area contributed by atoms with Crippen molar-refractivity contribution in [1.29, 1.82) is 0 Å². The van der Waals surface area contributed by atoms with Crippen LogP contribution in [0.3, 0.4) is 0 Å². The summed E-state index contributed by atoms with van der Waals surface area (Å²) in [7, 11) is -1.08. The normalized spacial score (nSPS) is 12.1. The maximum atomic E-state index is 12.0. The van der Waals surface area contributed by atoms with E-state index < -0.39 is 10.8 Å². The Labute approximate surface area is 126 Å². The number of benzene rings is 2. The van der Waals surface area contributed by atoms with Crippen molar-refractivity contribution >= 4 is 22.4 Å². The quantitative estimate of drug-likeness (QED) is 0.892. The van der Waals surface area contributed by atoms with Gasteiger partial charge in [0.2, 0.25) is 0 Å². The van der Waals surface area contributed by atoms with Gasteiger partial charge in [0.05, 0.1) is 16.6 Å². The zero-order chi connectivity index (χ0) is 14.4. The number of halogens is 1. The molecule has 2 aromatic rings. The monoisotopic (exact) mass is 309 g/mol.